The first kappa shape index (κ1) is 23.0. The van der Waals surface area contributed by atoms with Gasteiger partial charge in [-0.3, -0.25) is 4.72 Å². The smallest absolute Gasteiger partial charge is 0.261 e. The van der Waals surface area contributed by atoms with Gasteiger partial charge < -0.3 is 5.32 Å². The topological polar surface area (TPSA) is 58.2 Å². The van der Waals surface area contributed by atoms with Gasteiger partial charge in [0, 0.05) is 22.3 Å². The van der Waals surface area contributed by atoms with Crippen molar-refractivity contribution in [3.05, 3.63) is 101 Å². The van der Waals surface area contributed by atoms with Crippen molar-refractivity contribution in [1.29, 1.82) is 0 Å². The van der Waals surface area contributed by atoms with Gasteiger partial charge in [-0.2, -0.15) is 0 Å². The van der Waals surface area contributed by atoms with Crippen LogP contribution in [0.2, 0.25) is 5.02 Å². The lowest BCUT2D eigenvalue weighted by atomic mass is 9.76. The van der Waals surface area contributed by atoms with Crippen molar-refractivity contribution < 1.29 is 8.42 Å². The summed E-state index contributed by atoms with van der Waals surface area (Å²) in [5, 5.41) is 4.27. The number of nitrogens with one attached hydrogen (secondary N) is 2. The molecule has 0 radical (unpaired) electrons. The molecular formula is C28H29ClN2O2S. The van der Waals surface area contributed by atoms with E-state index >= 15 is 0 Å². The SMILES string of the molecule is CC(C)(C)c1ccc([C@H]2Nc3ccc(S(=O)(=O)Nc4ccc(Cl)cc4)cc3[C@H]3C=CC[C@H]32)cc1. The molecule has 0 unspecified atom stereocenters. The van der Waals surface area contributed by atoms with Gasteiger partial charge >= 0.3 is 0 Å². The van der Waals surface area contributed by atoms with Crippen LogP contribution < -0.4 is 10.0 Å². The van der Waals surface area contributed by atoms with Gasteiger partial charge in [0.15, 0.2) is 0 Å². The number of hydrogen-bond acceptors (Lipinski definition) is 3. The Balaban J connectivity index is 1.45. The lowest BCUT2D eigenvalue weighted by Crippen LogP contribution is -2.29. The summed E-state index contributed by atoms with van der Waals surface area (Å²) in [6, 6.07) is 21.1. The molecule has 3 aromatic rings. The van der Waals surface area contributed by atoms with Gasteiger partial charge in [-0.25, -0.2) is 8.42 Å². The molecule has 2 aliphatic rings. The van der Waals surface area contributed by atoms with Crippen LogP contribution in [-0.2, 0) is 15.4 Å². The third kappa shape index (κ3) is 4.35. The number of allylic oxidation sites excluding steroid dienone is 2. The molecule has 0 saturated carbocycles. The van der Waals surface area contributed by atoms with E-state index < -0.39 is 10.0 Å². The molecular weight excluding hydrogens is 464 g/mol. The van der Waals surface area contributed by atoms with Crippen LogP contribution >= 0.6 is 11.6 Å². The minimum Gasteiger partial charge on any atom is -0.378 e. The average molecular weight is 493 g/mol. The summed E-state index contributed by atoms with van der Waals surface area (Å²) in [5.41, 5.74) is 5.20. The maximum Gasteiger partial charge on any atom is 0.261 e. The second kappa shape index (κ2) is 8.47. The van der Waals surface area contributed by atoms with E-state index in [4.69, 9.17) is 11.6 Å². The summed E-state index contributed by atoms with van der Waals surface area (Å²) in [6.45, 7) is 6.67. The molecule has 0 amide bonds. The number of rotatable bonds is 4. The predicted molar refractivity (Wildman–Crippen MR) is 140 cm³/mol. The third-order valence-corrected chi connectivity index (χ3v) is 8.51. The van der Waals surface area contributed by atoms with Crippen molar-refractivity contribution in [1.82, 2.24) is 0 Å². The molecule has 0 spiro atoms. The minimum atomic E-state index is -3.72. The molecule has 1 aliphatic carbocycles. The molecule has 6 heteroatoms. The van der Waals surface area contributed by atoms with Crippen molar-refractivity contribution in [2.24, 2.45) is 5.92 Å². The maximum atomic E-state index is 13.1. The fourth-order valence-electron chi connectivity index (χ4n) is 4.99. The summed E-state index contributed by atoms with van der Waals surface area (Å²) >= 11 is 5.92. The van der Waals surface area contributed by atoms with Crippen LogP contribution in [0.3, 0.4) is 0 Å². The Hall–Kier alpha value is -2.76. The average Bonchev–Trinajstić information content (AvgIpc) is 3.29. The quantitative estimate of drug-likeness (QED) is 0.376. The Bertz CT molecular complexity index is 1340. The first-order valence-electron chi connectivity index (χ1n) is 11.6. The zero-order chi connectivity index (χ0) is 24.1. The van der Waals surface area contributed by atoms with Crippen LogP contribution in [0.15, 0.2) is 83.8 Å². The molecule has 1 heterocycles. The normalized spacial score (nSPS) is 21.5. The Morgan fingerprint density at radius 2 is 1.68 bits per heavy atom. The number of hydrogen-bond donors (Lipinski definition) is 2. The van der Waals surface area contributed by atoms with E-state index in [1.165, 1.54) is 11.1 Å². The van der Waals surface area contributed by atoms with Crippen molar-refractivity contribution in [3.63, 3.8) is 0 Å². The Kier molecular flexibility index (Phi) is 5.73. The molecule has 176 valence electrons. The van der Waals surface area contributed by atoms with Crippen molar-refractivity contribution in [2.75, 3.05) is 10.0 Å². The minimum absolute atomic E-state index is 0.116. The van der Waals surface area contributed by atoms with Crippen LogP contribution in [-0.4, -0.2) is 8.42 Å². The van der Waals surface area contributed by atoms with Crippen LogP contribution in [0.25, 0.3) is 0 Å². The fraction of sp³-hybridized carbons (Fsp3) is 0.286. The molecule has 1 aliphatic heterocycles. The first-order valence-corrected chi connectivity index (χ1v) is 13.4. The molecule has 0 fully saturated rings. The summed E-state index contributed by atoms with van der Waals surface area (Å²) in [6.07, 6.45) is 5.41. The van der Waals surface area contributed by atoms with Crippen LogP contribution in [0.4, 0.5) is 11.4 Å². The summed E-state index contributed by atoms with van der Waals surface area (Å²) in [4.78, 5) is 0.259. The largest absolute Gasteiger partial charge is 0.378 e. The Morgan fingerprint density at radius 3 is 2.35 bits per heavy atom. The fourth-order valence-corrected chi connectivity index (χ4v) is 6.21. The first-order chi connectivity index (χ1) is 16.1. The van der Waals surface area contributed by atoms with Gasteiger partial charge in [-0.15, -0.1) is 0 Å². The monoisotopic (exact) mass is 492 g/mol. The summed E-state index contributed by atoms with van der Waals surface area (Å²) in [7, 11) is -3.72. The molecule has 4 nitrogen and oxygen atoms in total. The molecule has 5 rings (SSSR count). The highest BCUT2D eigenvalue weighted by molar-refractivity contribution is 7.92. The number of anilines is 2. The zero-order valence-corrected chi connectivity index (χ0v) is 21.1. The number of fused-ring (bicyclic) bond motifs is 3. The van der Waals surface area contributed by atoms with Crippen LogP contribution in [0.5, 0.6) is 0 Å². The van der Waals surface area contributed by atoms with Gasteiger partial charge in [0.2, 0.25) is 0 Å². The Labute approximate surface area is 207 Å². The maximum absolute atomic E-state index is 13.1. The van der Waals surface area contributed by atoms with E-state index in [1.54, 1.807) is 30.3 Å². The predicted octanol–water partition coefficient (Wildman–Crippen LogP) is 7.26. The Morgan fingerprint density at radius 1 is 0.971 bits per heavy atom. The highest BCUT2D eigenvalue weighted by Crippen LogP contribution is 2.50. The lowest BCUT2D eigenvalue weighted by Gasteiger charge is -2.38. The van der Waals surface area contributed by atoms with E-state index in [9.17, 15) is 8.42 Å². The van der Waals surface area contributed by atoms with E-state index in [2.05, 4.69) is 67.2 Å². The number of benzene rings is 3. The van der Waals surface area contributed by atoms with Gasteiger partial charge in [-0.05, 0) is 76.9 Å². The van der Waals surface area contributed by atoms with Gasteiger partial charge in [0.25, 0.3) is 10.0 Å². The van der Waals surface area contributed by atoms with E-state index in [-0.39, 0.29) is 22.3 Å². The number of sulfonamides is 1. The molecule has 0 aromatic heterocycles. The second-order valence-electron chi connectivity index (χ2n) is 10.2. The van der Waals surface area contributed by atoms with Gasteiger partial charge in [0.1, 0.15) is 0 Å². The molecule has 3 aromatic carbocycles. The van der Waals surface area contributed by atoms with E-state index in [0.717, 1.165) is 17.7 Å². The lowest BCUT2D eigenvalue weighted by molar-refractivity contribution is 0.425. The third-order valence-electron chi connectivity index (χ3n) is 6.88. The van der Waals surface area contributed by atoms with Crippen molar-refractivity contribution in [3.8, 4) is 0 Å². The molecule has 2 N–H and O–H groups in total. The zero-order valence-electron chi connectivity index (χ0n) is 19.5. The van der Waals surface area contributed by atoms with Crippen LogP contribution in [0, 0.1) is 5.92 Å². The van der Waals surface area contributed by atoms with Crippen LogP contribution in [0.1, 0.15) is 55.8 Å². The molecule has 0 saturated heterocycles. The summed E-state index contributed by atoms with van der Waals surface area (Å²) < 4.78 is 28.8. The highest BCUT2D eigenvalue weighted by Gasteiger charge is 2.38. The molecule has 34 heavy (non-hydrogen) atoms. The summed E-state index contributed by atoms with van der Waals surface area (Å²) in [5.74, 6) is 0.518. The molecule has 3 atom stereocenters. The van der Waals surface area contributed by atoms with Crippen molar-refractivity contribution in [2.45, 2.75) is 49.5 Å². The highest BCUT2D eigenvalue weighted by atomic mass is 35.5. The molecule has 0 bridgehead atoms. The second-order valence-corrected chi connectivity index (χ2v) is 12.3. The standard InChI is InChI=1S/C28H29ClN2O2S/c1-28(2,3)19-9-7-18(8-10-19)27-24-6-4-5-23(24)25-17-22(15-16-26(25)30-27)34(32,33)31-21-13-11-20(29)12-14-21/h4-5,7-17,23-24,27,30-31H,6H2,1-3H3/t23-,24+,27+/m0/s1. The van der Waals surface area contributed by atoms with Crippen molar-refractivity contribution >= 4 is 33.0 Å². The van der Waals surface area contributed by atoms with Gasteiger partial charge in [0.05, 0.1) is 10.9 Å². The van der Waals surface area contributed by atoms with E-state index in [1.807, 2.05) is 12.1 Å². The number of halogens is 1. The van der Waals surface area contributed by atoms with Gasteiger partial charge in [-0.1, -0.05) is 68.8 Å². The van der Waals surface area contributed by atoms with E-state index in [0.29, 0.717) is 16.6 Å².